The molecule has 0 aromatic carbocycles. The van der Waals surface area contributed by atoms with Gasteiger partial charge in [0.05, 0.1) is 6.26 Å². The first-order chi connectivity index (χ1) is 7.18. The Balaban J connectivity index is 2.11. The van der Waals surface area contributed by atoms with Crippen molar-refractivity contribution < 1.29 is 23.8 Å². The van der Waals surface area contributed by atoms with E-state index in [2.05, 4.69) is 0 Å². The van der Waals surface area contributed by atoms with Crippen molar-refractivity contribution in [2.75, 3.05) is 0 Å². The number of esters is 1. The van der Waals surface area contributed by atoms with Gasteiger partial charge in [-0.3, -0.25) is 9.59 Å². The maximum absolute atomic E-state index is 11.1. The van der Waals surface area contributed by atoms with Gasteiger partial charge in [-0.2, -0.15) is 0 Å². The van der Waals surface area contributed by atoms with Crippen molar-refractivity contribution in [1.82, 2.24) is 0 Å². The Hall–Kier alpha value is -1.78. The van der Waals surface area contributed by atoms with Gasteiger partial charge < -0.3 is 14.3 Å². The van der Waals surface area contributed by atoms with Crippen LogP contribution in [0.15, 0.2) is 22.8 Å². The van der Waals surface area contributed by atoms with E-state index >= 15 is 0 Å². The first-order valence-corrected chi connectivity index (χ1v) is 4.58. The smallest absolute Gasteiger partial charge is 0.306 e. The van der Waals surface area contributed by atoms with E-state index in [1.165, 1.54) is 6.26 Å². The lowest BCUT2D eigenvalue weighted by Gasteiger charge is -2.01. The van der Waals surface area contributed by atoms with Gasteiger partial charge in [-0.25, -0.2) is 0 Å². The second kappa shape index (κ2) is 5.85. The molecule has 82 valence electrons. The zero-order chi connectivity index (χ0) is 11.1. The summed E-state index contributed by atoms with van der Waals surface area (Å²) in [6.45, 7) is 0.0961. The van der Waals surface area contributed by atoms with Crippen molar-refractivity contribution in [3.63, 3.8) is 0 Å². The average Bonchev–Trinajstić information content (AvgIpc) is 2.66. The van der Waals surface area contributed by atoms with Crippen LogP contribution in [0.4, 0.5) is 0 Å². The molecular formula is C10H12O5. The Morgan fingerprint density at radius 3 is 2.80 bits per heavy atom. The highest BCUT2D eigenvalue weighted by Gasteiger charge is 2.06. The topological polar surface area (TPSA) is 76.7 Å². The first kappa shape index (κ1) is 11.3. The molecule has 0 amide bonds. The molecule has 0 aliphatic carbocycles. The molecule has 0 saturated heterocycles. The molecule has 15 heavy (non-hydrogen) atoms. The van der Waals surface area contributed by atoms with Gasteiger partial charge in [0, 0.05) is 12.8 Å². The number of aliphatic carboxylic acids is 1. The van der Waals surface area contributed by atoms with Gasteiger partial charge in [0.25, 0.3) is 0 Å². The fourth-order valence-corrected chi connectivity index (χ4v) is 1.00. The van der Waals surface area contributed by atoms with Crippen LogP contribution in [0.25, 0.3) is 0 Å². The first-order valence-electron chi connectivity index (χ1n) is 4.58. The van der Waals surface area contributed by atoms with Crippen LogP contribution in [0.5, 0.6) is 0 Å². The summed E-state index contributed by atoms with van der Waals surface area (Å²) in [7, 11) is 0. The molecule has 0 bridgehead atoms. The normalized spacial score (nSPS) is 9.87. The lowest BCUT2D eigenvalue weighted by Crippen LogP contribution is -2.05. The van der Waals surface area contributed by atoms with Gasteiger partial charge in [-0.1, -0.05) is 0 Å². The molecule has 1 rings (SSSR count). The van der Waals surface area contributed by atoms with E-state index in [1.807, 2.05) is 0 Å². The van der Waals surface area contributed by atoms with E-state index in [-0.39, 0.29) is 19.4 Å². The van der Waals surface area contributed by atoms with Crippen molar-refractivity contribution in [2.24, 2.45) is 0 Å². The van der Waals surface area contributed by atoms with E-state index in [4.69, 9.17) is 14.3 Å². The number of ether oxygens (including phenoxy) is 1. The summed E-state index contributed by atoms with van der Waals surface area (Å²) in [5.41, 5.74) is 0. The summed E-state index contributed by atoms with van der Waals surface area (Å²) in [5, 5.41) is 8.34. The van der Waals surface area contributed by atoms with Crippen LogP contribution in [0, 0.1) is 0 Å². The summed E-state index contributed by atoms with van der Waals surface area (Å²) in [5.74, 6) is -0.747. The number of hydrogen-bond donors (Lipinski definition) is 1. The number of furan rings is 1. The highest BCUT2D eigenvalue weighted by Crippen LogP contribution is 2.04. The lowest BCUT2D eigenvalue weighted by atomic mass is 10.2. The van der Waals surface area contributed by atoms with Crippen LogP contribution in [-0.2, 0) is 20.9 Å². The Morgan fingerprint density at radius 1 is 1.40 bits per heavy atom. The summed E-state index contributed by atoms with van der Waals surface area (Å²) < 4.78 is 9.80. The molecule has 5 heteroatoms. The number of rotatable bonds is 6. The van der Waals surface area contributed by atoms with Crippen molar-refractivity contribution >= 4 is 11.9 Å². The fourth-order valence-electron chi connectivity index (χ4n) is 1.00. The minimum atomic E-state index is -0.908. The van der Waals surface area contributed by atoms with Gasteiger partial charge in [-0.05, 0) is 18.6 Å². The highest BCUT2D eigenvalue weighted by molar-refractivity contribution is 5.71. The number of carboxylic acids is 1. The molecule has 0 atom stereocenters. The third-order valence-corrected chi connectivity index (χ3v) is 1.73. The van der Waals surface area contributed by atoms with Gasteiger partial charge >= 0.3 is 11.9 Å². The highest BCUT2D eigenvalue weighted by atomic mass is 16.5. The van der Waals surface area contributed by atoms with E-state index < -0.39 is 11.9 Å². The van der Waals surface area contributed by atoms with E-state index in [0.717, 1.165) is 0 Å². The Bertz CT molecular complexity index is 315. The number of carboxylic acid groups (broad SMARTS) is 1. The molecule has 0 fully saturated rings. The predicted octanol–water partition coefficient (Wildman–Crippen LogP) is 1.58. The van der Waals surface area contributed by atoms with Crippen LogP contribution < -0.4 is 0 Å². The number of hydrogen-bond acceptors (Lipinski definition) is 4. The monoisotopic (exact) mass is 212 g/mol. The number of carbonyl (C=O) groups is 2. The molecule has 1 heterocycles. The summed E-state index contributed by atoms with van der Waals surface area (Å²) in [6, 6.07) is 3.40. The van der Waals surface area contributed by atoms with Crippen molar-refractivity contribution in [3.05, 3.63) is 24.2 Å². The lowest BCUT2D eigenvalue weighted by molar-refractivity contribution is -0.145. The average molecular weight is 212 g/mol. The van der Waals surface area contributed by atoms with Crippen LogP contribution >= 0.6 is 0 Å². The molecule has 0 unspecified atom stereocenters. The largest absolute Gasteiger partial charge is 0.481 e. The molecule has 1 aromatic heterocycles. The Kier molecular flexibility index (Phi) is 4.40. The Morgan fingerprint density at radius 2 is 2.20 bits per heavy atom. The maximum Gasteiger partial charge on any atom is 0.306 e. The summed E-state index contributed by atoms with van der Waals surface area (Å²) in [6.07, 6.45) is 1.89. The Labute approximate surface area is 86.6 Å². The van der Waals surface area contributed by atoms with E-state index in [0.29, 0.717) is 12.2 Å². The standard InChI is InChI=1S/C10H12O5/c11-9(12)4-1-5-10(13)15-7-8-3-2-6-14-8/h2-3,6H,1,4-5,7H2,(H,11,12). The van der Waals surface area contributed by atoms with Crippen molar-refractivity contribution in [2.45, 2.75) is 25.9 Å². The zero-order valence-corrected chi connectivity index (χ0v) is 8.14. The molecular weight excluding hydrogens is 200 g/mol. The molecule has 0 aliphatic rings. The third kappa shape index (κ3) is 4.85. The molecule has 0 spiro atoms. The second-order valence-electron chi connectivity index (χ2n) is 2.99. The van der Waals surface area contributed by atoms with Gasteiger partial charge in [0.2, 0.25) is 0 Å². The van der Waals surface area contributed by atoms with Crippen LogP contribution in [0.2, 0.25) is 0 Å². The second-order valence-corrected chi connectivity index (χ2v) is 2.99. The SMILES string of the molecule is O=C(O)CCCC(=O)OCc1ccco1. The fraction of sp³-hybridized carbons (Fsp3) is 0.400. The van der Waals surface area contributed by atoms with Crippen LogP contribution in [0.1, 0.15) is 25.0 Å². The summed E-state index contributed by atoms with van der Waals surface area (Å²) in [4.78, 5) is 21.2. The van der Waals surface area contributed by atoms with E-state index in [9.17, 15) is 9.59 Å². The predicted molar refractivity (Wildman–Crippen MR) is 50.0 cm³/mol. The molecule has 5 nitrogen and oxygen atoms in total. The maximum atomic E-state index is 11.1. The summed E-state index contributed by atoms with van der Waals surface area (Å²) >= 11 is 0. The van der Waals surface area contributed by atoms with Gasteiger partial charge in [0.1, 0.15) is 12.4 Å². The third-order valence-electron chi connectivity index (χ3n) is 1.73. The van der Waals surface area contributed by atoms with Crippen LogP contribution in [-0.4, -0.2) is 17.0 Å². The number of carbonyl (C=O) groups excluding carboxylic acids is 1. The van der Waals surface area contributed by atoms with E-state index in [1.54, 1.807) is 12.1 Å². The van der Waals surface area contributed by atoms with Gasteiger partial charge in [-0.15, -0.1) is 0 Å². The minimum Gasteiger partial charge on any atom is -0.481 e. The molecule has 0 aliphatic heterocycles. The molecule has 1 aromatic rings. The quantitative estimate of drug-likeness (QED) is 0.724. The zero-order valence-electron chi connectivity index (χ0n) is 8.14. The molecule has 1 N–H and O–H groups in total. The van der Waals surface area contributed by atoms with Gasteiger partial charge in [0.15, 0.2) is 0 Å². The molecule has 0 radical (unpaired) electrons. The van der Waals surface area contributed by atoms with Crippen LogP contribution in [0.3, 0.4) is 0 Å². The van der Waals surface area contributed by atoms with Crippen molar-refractivity contribution in [1.29, 1.82) is 0 Å². The van der Waals surface area contributed by atoms with Crippen molar-refractivity contribution in [3.8, 4) is 0 Å². The minimum absolute atomic E-state index is 0.0180. The molecule has 0 saturated carbocycles.